The molecule has 0 atom stereocenters. The van der Waals surface area contributed by atoms with E-state index in [2.05, 4.69) is 5.32 Å². The summed E-state index contributed by atoms with van der Waals surface area (Å²) in [6.45, 7) is 0.581. The SMILES string of the molecule is Nc1ccc([N+](=O)[O-])cc1C(=O)NCCCC1CC1. The lowest BCUT2D eigenvalue weighted by Gasteiger charge is -2.07. The molecular formula is C13H17N3O3. The molecule has 0 aromatic heterocycles. The predicted octanol–water partition coefficient (Wildman–Crippen LogP) is 2.10. The second-order valence-corrected chi connectivity index (χ2v) is 4.87. The topological polar surface area (TPSA) is 98.3 Å². The Morgan fingerprint density at radius 3 is 2.84 bits per heavy atom. The van der Waals surface area contributed by atoms with Gasteiger partial charge in [0.2, 0.25) is 0 Å². The number of carbonyl (C=O) groups excluding carboxylic acids is 1. The first kappa shape index (κ1) is 13.3. The molecule has 1 saturated carbocycles. The zero-order valence-electron chi connectivity index (χ0n) is 10.6. The Balaban J connectivity index is 1.92. The van der Waals surface area contributed by atoms with Crippen LogP contribution in [0.3, 0.4) is 0 Å². The quantitative estimate of drug-likeness (QED) is 0.355. The molecule has 0 radical (unpaired) electrons. The van der Waals surface area contributed by atoms with Gasteiger partial charge in [-0.1, -0.05) is 12.8 Å². The molecule has 6 nitrogen and oxygen atoms in total. The van der Waals surface area contributed by atoms with E-state index < -0.39 is 4.92 Å². The van der Waals surface area contributed by atoms with Gasteiger partial charge in [0.25, 0.3) is 11.6 Å². The number of nitrogens with two attached hydrogens (primary N) is 1. The summed E-state index contributed by atoms with van der Waals surface area (Å²) in [5.74, 6) is 0.483. The fraction of sp³-hybridized carbons (Fsp3) is 0.462. The lowest BCUT2D eigenvalue weighted by atomic mass is 10.1. The molecule has 0 heterocycles. The molecule has 0 spiro atoms. The van der Waals surface area contributed by atoms with Gasteiger partial charge in [-0.3, -0.25) is 14.9 Å². The zero-order chi connectivity index (χ0) is 13.8. The number of benzene rings is 1. The highest BCUT2D eigenvalue weighted by molar-refractivity contribution is 5.99. The highest BCUT2D eigenvalue weighted by atomic mass is 16.6. The van der Waals surface area contributed by atoms with Crippen molar-refractivity contribution in [1.82, 2.24) is 5.32 Å². The third kappa shape index (κ3) is 3.67. The second-order valence-electron chi connectivity index (χ2n) is 4.87. The lowest BCUT2D eigenvalue weighted by molar-refractivity contribution is -0.384. The molecule has 0 bridgehead atoms. The third-order valence-corrected chi connectivity index (χ3v) is 3.26. The van der Waals surface area contributed by atoms with Crippen molar-refractivity contribution in [3.8, 4) is 0 Å². The minimum Gasteiger partial charge on any atom is -0.398 e. The van der Waals surface area contributed by atoms with Gasteiger partial charge in [-0.25, -0.2) is 0 Å². The summed E-state index contributed by atoms with van der Waals surface area (Å²) >= 11 is 0. The number of carbonyl (C=O) groups is 1. The smallest absolute Gasteiger partial charge is 0.270 e. The molecule has 102 valence electrons. The van der Waals surface area contributed by atoms with Gasteiger partial charge < -0.3 is 11.1 Å². The van der Waals surface area contributed by atoms with E-state index >= 15 is 0 Å². The summed E-state index contributed by atoms with van der Waals surface area (Å²) in [4.78, 5) is 22.0. The van der Waals surface area contributed by atoms with Gasteiger partial charge in [-0.2, -0.15) is 0 Å². The molecule has 2 rings (SSSR count). The fourth-order valence-electron chi connectivity index (χ4n) is 1.95. The van der Waals surface area contributed by atoms with Crippen molar-refractivity contribution < 1.29 is 9.72 Å². The van der Waals surface area contributed by atoms with Crippen molar-refractivity contribution in [2.75, 3.05) is 12.3 Å². The summed E-state index contributed by atoms with van der Waals surface area (Å²) in [5.41, 5.74) is 5.96. The van der Waals surface area contributed by atoms with Crippen LogP contribution in [0.15, 0.2) is 18.2 Å². The van der Waals surface area contributed by atoms with Crippen LogP contribution in [0.25, 0.3) is 0 Å². The first-order valence-electron chi connectivity index (χ1n) is 6.40. The van der Waals surface area contributed by atoms with E-state index in [-0.39, 0.29) is 22.8 Å². The van der Waals surface area contributed by atoms with Gasteiger partial charge in [-0.15, -0.1) is 0 Å². The number of nitrogens with zero attached hydrogens (tertiary/aromatic N) is 1. The van der Waals surface area contributed by atoms with Crippen molar-refractivity contribution in [3.63, 3.8) is 0 Å². The molecule has 1 aliphatic carbocycles. The van der Waals surface area contributed by atoms with Crippen molar-refractivity contribution in [2.45, 2.75) is 25.7 Å². The number of nitrogens with one attached hydrogen (secondary N) is 1. The van der Waals surface area contributed by atoms with Gasteiger partial charge >= 0.3 is 0 Å². The molecule has 0 unspecified atom stereocenters. The molecular weight excluding hydrogens is 246 g/mol. The van der Waals surface area contributed by atoms with Gasteiger partial charge in [0.15, 0.2) is 0 Å². The van der Waals surface area contributed by atoms with Crippen LogP contribution in [0.5, 0.6) is 0 Å². The van der Waals surface area contributed by atoms with Crippen LogP contribution in [0, 0.1) is 16.0 Å². The molecule has 1 amide bonds. The Bertz CT molecular complexity index is 498. The molecule has 0 aliphatic heterocycles. The van der Waals surface area contributed by atoms with Crippen LogP contribution in [0.4, 0.5) is 11.4 Å². The third-order valence-electron chi connectivity index (χ3n) is 3.26. The van der Waals surface area contributed by atoms with Crippen LogP contribution < -0.4 is 11.1 Å². The van der Waals surface area contributed by atoms with Crippen LogP contribution in [0.2, 0.25) is 0 Å². The minimum atomic E-state index is -0.538. The van der Waals surface area contributed by atoms with E-state index in [1.807, 2.05) is 0 Å². The first-order chi connectivity index (χ1) is 9.08. The summed E-state index contributed by atoms with van der Waals surface area (Å²) in [6, 6.07) is 3.89. The van der Waals surface area contributed by atoms with E-state index in [1.54, 1.807) is 0 Å². The number of hydrogen-bond acceptors (Lipinski definition) is 4. The summed E-state index contributed by atoms with van der Waals surface area (Å²) < 4.78 is 0. The van der Waals surface area contributed by atoms with Crippen molar-refractivity contribution >= 4 is 17.3 Å². The zero-order valence-corrected chi connectivity index (χ0v) is 10.6. The van der Waals surface area contributed by atoms with Crippen LogP contribution in [-0.2, 0) is 0 Å². The predicted molar refractivity (Wildman–Crippen MR) is 71.8 cm³/mol. The van der Waals surface area contributed by atoms with Crippen molar-refractivity contribution in [2.24, 2.45) is 5.92 Å². The van der Waals surface area contributed by atoms with Gasteiger partial charge in [-0.05, 0) is 24.8 Å². The Morgan fingerprint density at radius 1 is 1.47 bits per heavy atom. The average molecular weight is 263 g/mol. The number of anilines is 1. The van der Waals surface area contributed by atoms with E-state index in [0.717, 1.165) is 18.8 Å². The number of nitro benzene ring substituents is 1. The van der Waals surface area contributed by atoms with E-state index in [9.17, 15) is 14.9 Å². The molecule has 1 aromatic carbocycles. The maximum Gasteiger partial charge on any atom is 0.270 e. The maximum atomic E-state index is 11.9. The Hall–Kier alpha value is -2.11. The van der Waals surface area contributed by atoms with E-state index in [0.29, 0.717) is 6.54 Å². The average Bonchev–Trinajstić information content (AvgIpc) is 3.18. The lowest BCUT2D eigenvalue weighted by Crippen LogP contribution is -2.25. The Morgan fingerprint density at radius 2 is 2.21 bits per heavy atom. The van der Waals surface area contributed by atoms with Gasteiger partial charge in [0.1, 0.15) is 0 Å². The van der Waals surface area contributed by atoms with Crippen molar-refractivity contribution in [1.29, 1.82) is 0 Å². The molecule has 3 N–H and O–H groups in total. The number of amides is 1. The van der Waals surface area contributed by atoms with E-state index in [1.165, 1.54) is 31.0 Å². The number of non-ortho nitro benzene ring substituents is 1. The highest BCUT2D eigenvalue weighted by Gasteiger charge is 2.20. The van der Waals surface area contributed by atoms with E-state index in [4.69, 9.17) is 5.73 Å². The summed E-state index contributed by atoms with van der Waals surface area (Å²) in [6.07, 6.45) is 4.66. The fourth-order valence-corrected chi connectivity index (χ4v) is 1.95. The summed E-state index contributed by atoms with van der Waals surface area (Å²) in [5, 5.41) is 13.4. The second kappa shape index (κ2) is 5.69. The minimum absolute atomic E-state index is 0.127. The molecule has 19 heavy (non-hydrogen) atoms. The molecule has 0 saturated heterocycles. The normalized spacial score (nSPS) is 14.1. The monoisotopic (exact) mass is 263 g/mol. The standard InChI is InChI=1S/C13H17N3O3/c14-12-6-5-10(16(18)19)8-11(12)13(17)15-7-1-2-9-3-4-9/h5-6,8-9H,1-4,7,14H2,(H,15,17). The number of hydrogen-bond donors (Lipinski definition) is 2. The highest BCUT2D eigenvalue weighted by Crippen LogP contribution is 2.33. The largest absolute Gasteiger partial charge is 0.398 e. The summed E-state index contributed by atoms with van der Waals surface area (Å²) in [7, 11) is 0. The molecule has 6 heteroatoms. The molecule has 1 aromatic rings. The van der Waals surface area contributed by atoms with Crippen LogP contribution >= 0.6 is 0 Å². The number of rotatable bonds is 6. The number of nitro groups is 1. The Labute approximate surface area is 111 Å². The van der Waals surface area contributed by atoms with Crippen molar-refractivity contribution in [3.05, 3.63) is 33.9 Å². The van der Waals surface area contributed by atoms with Crippen LogP contribution in [-0.4, -0.2) is 17.4 Å². The van der Waals surface area contributed by atoms with Crippen LogP contribution in [0.1, 0.15) is 36.0 Å². The van der Waals surface area contributed by atoms with Gasteiger partial charge in [0, 0.05) is 24.4 Å². The molecule has 1 aliphatic rings. The number of nitrogen functional groups attached to an aromatic ring is 1. The Kier molecular flexibility index (Phi) is 3.99. The first-order valence-corrected chi connectivity index (χ1v) is 6.40. The molecule has 1 fully saturated rings. The maximum absolute atomic E-state index is 11.9. The van der Waals surface area contributed by atoms with Gasteiger partial charge in [0.05, 0.1) is 10.5 Å².